The number of carbonyl (C=O) groups excluding carboxylic acids is 1. The third-order valence-electron chi connectivity index (χ3n) is 3.46. The number of halogens is 1. The first kappa shape index (κ1) is 13.1. The number of carbonyl (C=O) groups is 1. The van der Waals surface area contributed by atoms with Gasteiger partial charge in [-0.15, -0.1) is 0 Å². The molecule has 0 saturated heterocycles. The average Bonchev–Trinajstić information content (AvgIpc) is 3.17. The Labute approximate surface area is 115 Å². The van der Waals surface area contributed by atoms with Crippen molar-refractivity contribution in [2.75, 3.05) is 11.9 Å². The van der Waals surface area contributed by atoms with E-state index >= 15 is 0 Å². The third-order valence-corrected chi connectivity index (χ3v) is 3.86. The fourth-order valence-electron chi connectivity index (χ4n) is 1.99. The van der Waals surface area contributed by atoms with Crippen molar-refractivity contribution >= 4 is 21.8 Å². The molecule has 1 N–H and O–H groups in total. The van der Waals surface area contributed by atoms with Gasteiger partial charge in [0.2, 0.25) is 0 Å². The minimum Gasteiger partial charge on any atom is -0.351 e. The van der Waals surface area contributed by atoms with E-state index in [1.54, 1.807) is 24.3 Å². The number of nitrogens with one attached hydrogen (secondary N) is 1. The summed E-state index contributed by atoms with van der Waals surface area (Å²) in [6, 6.07) is 8.84. The van der Waals surface area contributed by atoms with Crippen LogP contribution in [-0.2, 0) is 0 Å². The molecule has 1 aliphatic rings. The third kappa shape index (κ3) is 3.11. The molecule has 94 valence electrons. The first-order valence-corrected chi connectivity index (χ1v) is 7.16. The number of alkyl halides is 1. The molecule has 0 unspecified atom stereocenters. The molecule has 0 atom stereocenters. The van der Waals surface area contributed by atoms with Crippen LogP contribution in [0.2, 0.25) is 0 Å². The molecule has 1 aromatic carbocycles. The molecule has 4 heteroatoms. The standard InChI is InChI=1S/C14H15BrN2O/c15-7-6-14(4-5-14)10-17-13(18)12-3-1-2-11(8-12)9-16/h1-3,8H,4-7,10H2,(H,17,18). The van der Waals surface area contributed by atoms with E-state index in [9.17, 15) is 4.79 Å². The van der Waals surface area contributed by atoms with Gasteiger partial charge >= 0.3 is 0 Å². The van der Waals surface area contributed by atoms with Gasteiger partial charge in [-0.05, 0) is 42.9 Å². The van der Waals surface area contributed by atoms with Gasteiger partial charge in [-0.1, -0.05) is 22.0 Å². The molecule has 1 fully saturated rings. The van der Waals surface area contributed by atoms with Gasteiger partial charge in [-0.3, -0.25) is 4.79 Å². The van der Waals surface area contributed by atoms with E-state index in [4.69, 9.17) is 5.26 Å². The highest BCUT2D eigenvalue weighted by Crippen LogP contribution is 2.48. The highest BCUT2D eigenvalue weighted by atomic mass is 79.9. The van der Waals surface area contributed by atoms with Gasteiger partial charge in [0.05, 0.1) is 11.6 Å². The van der Waals surface area contributed by atoms with E-state index in [-0.39, 0.29) is 5.91 Å². The number of benzene rings is 1. The van der Waals surface area contributed by atoms with E-state index in [1.807, 2.05) is 6.07 Å². The van der Waals surface area contributed by atoms with Crippen molar-refractivity contribution in [1.82, 2.24) is 5.32 Å². The fourth-order valence-corrected chi connectivity index (χ4v) is 2.83. The Morgan fingerprint density at radius 1 is 1.50 bits per heavy atom. The summed E-state index contributed by atoms with van der Waals surface area (Å²) in [5.41, 5.74) is 1.39. The van der Waals surface area contributed by atoms with E-state index < -0.39 is 0 Å². The summed E-state index contributed by atoms with van der Waals surface area (Å²) in [5, 5.41) is 12.7. The lowest BCUT2D eigenvalue weighted by Crippen LogP contribution is -2.30. The average molecular weight is 307 g/mol. The number of nitrogens with zero attached hydrogens (tertiary/aromatic N) is 1. The number of hydrogen-bond donors (Lipinski definition) is 1. The molecule has 18 heavy (non-hydrogen) atoms. The van der Waals surface area contributed by atoms with E-state index in [1.165, 1.54) is 12.8 Å². The number of nitriles is 1. The maximum Gasteiger partial charge on any atom is 0.251 e. The summed E-state index contributed by atoms with van der Waals surface area (Å²) in [6.45, 7) is 0.730. The van der Waals surface area contributed by atoms with Gasteiger partial charge in [0.1, 0.15) is 0 Å². The van der Waals surface area contributed by atoms with Gasteiger partial charge in [-0.25, -0.2) is 0 Å². The summed E-state index contributed by atoms with van der Waals surface area (Å²) in [4.78, 5) is 12.0. The maximum absolute atomic E-state index is 12.0. The van der Waals surface area contributed by atoms with Gasteiger partial charge in [0.25, 0.3) is 5.91 Å². The quantitative estimate of drug-likeness (QED) is 0.850. The maximum atomic E-state index is 12.0. The Bertz CT molecular complexity index is 489. The molecular weight excluding hydrogens is 292 g/mol. The van der Waals surface area contributed by atoms with Crippen LogP contribution in [0.5, 0.6) is 0 Å². The summed E-state index contributed by atoms with van der Waals surface area (Å²) in [5.74, 6) is -0.0899. The van der Waals surface area contributed by atoms with Crippen molar-refractivity contribution in [3.8, 4) is 6.07 Å². The van der Waals surface area contributed by atoms with E-state index in [0.717, 1.165) is 18.3 Å². The summed E-state index contributed by atoms with van der Waals surface area (Å²) in [6.07, 6.45) is 3.49. The van der Waals surface area contributed by atoms with Crippen LogP contribution >= 0.6 is 15.9 Å². The Balaban J connectivity index is 1.94. The number of amides is 1. The van der Waals surface area contributed by atoms with Crippen LogP contribution in [0.15, 0.2) is 24.3 Å². The molecule has 1 saturated carbocycles. The second-order valence-corrected chi connectivity index (χ2v) is 5.61. The van der Waals surface area contributed by atoms with Crippen molar-refractivity contribution < 1.29 is 4.79 Å². The molecule has 0 heterocycles. The van der Waals surface area contributed by atoms with Crippen molar-refractivity contribution in [3.05, 3.63) is 35.4 Å². The molecule has 1 aliphatic carbocycles. The second-order valence-electron chi connectivity index (χ2n) is 4.81. The smallest absolute Gasteiger partial charge is 0.251 e. The lowest BCUT2D eigenvalue weighted by Gasteiger charge is -2.14. The Morgan fingerprint density at radius 2 is 2.28 bits per heavy atom. The largest absolute Gasteiger partial charge is 0.351 e. The molecule has 1 amide bonds. The predicted octanol–water partition coefficient (Wildman–Crippen LogP) is 2.85. The van der Waals surface area contributed by atoms with Crippen LogP contribution in [0.4, 0.5) is 0 Å². The van der Waals surface area contributed by atoms with Gasteiger partial charge in [0, 0.05) is 17.4 Å². The normalized spacial score (nSPS) is 15.8. The van der Waals surface area contributed by atoms with Crippen LogP contribution in [0.3, 0.4) is 0 Å². The first-order valence-electron chi connectivity index (χ1n) is 6.03. The SMILES string of the molecule is N#Cc1cccc(C(=O)NCC2(CCBr)CC2)c1. The van der Waals surface area contributed by atoms with Crippen LogP contribution in [-0.4, -0.2) is 17.8 Å². The highest BCUT2D eigenvalue weighted by Gasteiger charge is 2.41. The first-order chi connectivity index (χ1) is 8.69. The zero-order valence-corrected chi connectivity index (χ0v) is 11.7. The van der Waals surface area contributed by atoms with Crippen molar-refractivity contribution in [2.45, 2.75) is 19.3 Å². The Morgan fingerprint density at radius 3 is 2.89 bits per heavy atom. The van der Waals surface area contributed by atoms with Crippen molar-refractivity contribution in [3.63, 3.8) is 0 Å². The van der Waals surface area contributed by atoms with Crippen LogP contribution in [0.25, 0.3) is 0 Å². The predicted molar refractivity (Wildman–Crippen MR) is 73.6 cm³/mol. The van der Waals surface area contributed by atoms with Crippen LogP contribution < -0.4 is 5.32 Å². The minimum absolute atomic E-state index is 0.0899. The molecule has 1 aromatic rings. The summed E-state index contributed by atoms with van der Waals surface area (Å²) >= 11 is 3.45. The Kier molecular flexibility index (Phi) is 4.03. The number of hydrogen-bond acceptors (Lipinski definition) is 2. The molecule has 0 bridgehead atoms. The molecule has 0 aliphatic heterocycles. The molecular formula is C14H15BrN2O. The number of rotatable bonds is 5. The van der Waals surface area contributed by atoms with E-state index in [2.05, 4.69) is 21.2 Å². The molecule has 3 nitrogen and oxygen atoms in total. The van der Waals surface area contributed by atoms with Crippen LogP contribution in [0, 0.1) is 16.7 Å². The highest BCUT2D eigenvalue weighted by molar-refractivity contribution is 9.09. The van der Waals surface area contributed by atoms with Crippen LogP contribution in [0.1, 0.15) is 35.2 Å². The monoisotopic (exact) mass is 306 g/mol. The molecule has 0 aromatic heterocycles. The second kappa shape index (κ2) is 5.53. The van der Waals surface area contributed by atoms with Gasteiger partial charge in [0.15, 0.2) is 0 Å². The zero-order chi connectivity index (χ0) is 13.0. The van der Waals surface area contributed by atoms with Crippen molar-refractivity contribution in [2.24, 2.45) is 5.41 Å². The zero-order valence-electron chi connectivity index (χ0n) is 10.1. The Hall–Kier alpha value is -1.34. The van der Waals surface area contributed by atoms with Gasteiger partial charge < -0.3 is 5.32 Å². The summed E-state index contributed by atoms with van der Waals surface area (Å²) in [7, 11) is 0. The van der Waals surface area contributed by atoms with Crippen molar-refractivity contribution in [1.29, 1.82) is 5.26 Å². The minimum atomic E-state index is -0.0899. The lowest BCUT2D eigenvalue weighted by atomic mass is 10.0. The molecule has 0 radical (unpaired) electrons. The molecule has 0 spiro atoms. The summed E-state index contributed by atoms with van der Waals surface area (Å²) < 4.78 is 0. The lowest BCUT2D eigenvalue weighted by molar-refractivity contribution is 0.0944. The topological polar surface area (TPSA) is 52.9 Å². The molecule has 2 rings (SSSR count). The van der Waals surface area contributed by atoms with Gasteiger partial charge in [-0.2, -0.15) is 5.26 Å². The fraction of sp³-hybridized carbons (Fsp3) is 0.429. The van der Waals surface area contributed by atoms with E-state index in [0.29, 0.717) is 16.5 Å².